The first-order valence-electron chi connectivity index (χ1n) is 8.74. The summed E-state index contributed by atoms with van der Waals surface area (Å²) in [6.45, 7) is 2.25. The van der Waals surface area contributed by atoms with Crippen LogP contribution < -0.4 is 0 Å². The minimum atomic E-state index is -1.15. The second kappa shape index (κ2) is 8.89. The van der Waals surface area contributed by atoms with Crippen LogP contribution in [0.4, 0.5) is 4.39 Å². The third-order valence-corrected chi connectivity index (χ3v) is 5.22. The van der Waals surface area contributed by atoms with Crippen LogP contribution in [0.1, 0.15) is 28.7 Å². The maximum absolute atomic E-state index is 14.2. The van der Waals surface area contributed by atoms with Crippen molar-refractivity contribution in [1.29, 1.82) is 0 Å². The average molecular weight is 397 g/mol. The Kier molecular flexibility index (Phi) is 6.31. The van der Waals surface area contributed by atoms with E-state index in [4.69, 9.17) is 9.94 Å². The van der Waals surface area contributed by atoms with Crippen molar-refractivity contribution < 1.29 is 19.1 Å². The fraction of sp³-hybridized carbons (Fsp3) is 0.182. The molecule has 0 atom stereocenters. The predicted molar refractivity (Wildman–Crippen MR) is 112 cm³/mol. The van der Waals surface area contributed by atoms with Gasteiger partial charge in [0.1, 0.15) is 12.4 Å². The van der Waals surface area contributed by atoms with Crippen molar-refractivity contribution in [2.75, 3.05) is 12.9 Å². The minimum absolute atomic E-state index is 0.217. The number of carbonyl (C=O) groups is 1. The zero-order chi connectivity index (χ0) is 20.1. The number of halogens is 1. The normalized spacial score (nSPS) is 14.4. The van der Waals surface area contributed by atoms with E-state index in [0.717, 1.165) is 39.6 Å². The lowest BCUT2D eigenvalue weighted by atomic mass is 10.0. The Hall–Kier alpha value is -2.86. The number of aliphatic carboxylic acids is 1. The van der Waals surface area contributed by atoms with E-state index in [1.165, 1.54) is 11.8 Å². The molecule has 3 rings (SSSR count). The molecule has 0 bridgehead atoms. The first-order valence-corrected chi connectivity index (χ1v) is 9.96. The first kappa shape index (κ1) is 19.9. The molecule has 28 heavy (non-hydrogen) atoms. The zero-order valence-electron chi connectivity index (χ0n) is 15.6. The van der Waals surface area contributed by atoms with E-state index < -0.39 is 5.97 Å². The van der Waals surface area contributed by atoms with Gasteiger partial charge in [0.15, 0.2) is 6.21 Å². The Morgan fingerprint density at radius 2 is 2.04 bits per heavy atom. The van der Waals surface area contributed by atoms with Gasteiger partial charge in [-0.05, 0) is 64.8 Å². The number of hydrogen-bond acceptors (Lipinski definition) is 4. The number of aryl methyl sites for hydroxylation is 1. The van der Waals surface area contributed by atoms with Gasteiger partial charge in [-0.2, -0.15) is 0 Å². The first-order chi connectivity index (χ1) is 13.5. The molecule has 1 N–H and O–H groups in total. The van der Waals surface area contributed by atoms with Crippen LogP contribution in [0.15, 0.2) is 52.5 Å². The molecule has 0 aromatic heterocycles. The molecule has 1 aliphatic rings. The van der Waals surface area contributed by atoms with Gasteiger partial charge in [0.05, 0.1) is 0 Å². The second-order valence-corrected chi connectivity index (χ2v) is 7.16. The van der Waals surface area contributed by atoms with Crippen molar-refractivity contribution in [3.8, 4) is 0 Å². The number of benzene rings is 2. The summed E-state index contributed by atoms with van der Waals surface area (Å²) in [4.78, 5) is 16.1. The Balaban J connectivity index is 1.87. The number of hydrogen-bond donors (Lipinski definition) is 1. The third-order valence-electron chi connectivity index (χ3n) is 4.47. The number of allylic oxidation sites excluding steroid dienone is 2. The molecule has 2 aromatic rings. The SMILES string of the molecule is CSc1cc(C)c(/C=C2/C=C(CCON=CC(=O)O)c3ccccc32)cc1F. The van der Waals surface area contributed by atoms with Crippen molar-refractivity contribution in [2.24, 2.45) is 5.16 Å². The van der Waals surface area contributed by atoms with Gasteiger partial charge >= 0.3 is 5.97 Å². The Bertz CT molecular complexity index is 995. The maximum atomic E-state index is 14.2. The molecule has 0 unspecified atom stereocenters. The van der Waals surface area contributed by atoms with E-state index in [2.05, 4.69) is 11.2 Å². The van der Waals surface area contributed by atoms with Crippen LogP contribution in [0.25, 0.3) is 17.2 Å². The molecule has 1 aliphatic carbocycles. The van der Waals surface area contributed by atoms with Gasteiger partial charge in [0.2, 0.25) is 0 Å². The van der Waals surface area contributed by atoms with Crippen LogP contribution in [-0.2, 0) is 9.63 Å². The van der Waals surface area contributed by atoms with Crippen molar-refractivity contribution in [2.45, 2.75) is 18.2 Å². The zero-order valence-corrected chi connectivity index (χ0v) is 16.4. The maximum Gasteiger partial charge on any atom is 0.350 e. The van der Waals surface area contributed by atoms with Crippen LogP contribution in [0.3, 0.4) is 0 Å². The molecule has 0 fully saturated rings. The smallest absolute Gasteiger partial charge is 0.350 e. The monoisotopic (exact) mass is 397 g/mol. The summed E-state index contributed by atoms with van der Waals surface area (Å²) < 4.78 is 14.2. The summed E-state index contributed by atoms with van der Waals surface area (Å²) >= 11 is 1.40. The molecule has 0 amide bonds. The van der Waals surface area contributed by atoms with E-state index in [-0.39, 0.29) is 12.4 Å². The van der Waals surface area contributed by atoms with Crippen LogP contribution in [0.5, 0.6) is 0 Å². The van der Waals surface area contributed by atoms with Gasteiger partial charge in [-0.25, -0.2) is 9.18 Å². The molecule has 0 aliphatic heterocycles. The summed E-state index contributed by atoms with van der Waals surface area (Å²) in [7, 11) is 0. The predicted octanol–water partition coefficient (Wildman–Crippen LogP) is 5.27. The fourth-order valence-corrected chi connectivity index (χ4v) is 3.67. The van der Waals surface area contributed by atoms with Gasteiger partial charge in [-0.3, -0.25) is 0 Å². The van der Waals surface area contributed by atoms with E-state index in [1.54, 1.807) is 6.07 Å². The number of fused-ring (bicyclic) bond motifs is 1. The van der Waals surface area contributed by atoms with Crippen molar-refractivity contribution in [1.82, 2.24) is 0 Å². The second-order valence-electron chi connectivity index (χ2n) is 6.31. The number of carboxylic acids is 1. The van der Waals surface area contributed by atoms with E-state index in [1.807, 2.05) is 49.6 Å². The molecule has 4 nitrogen and oxygen atoms in total. The van der Waals surface area contributed by atoms with Crippen LogP contribution >= 0.6 is 11.8 Å². The number of oxime groups is 1. The Labute approximate surface area is 167 Å². The molecular weight excluding hydrogens is 377 g/mol. The van der Waals surface area contributed by atoms with Gasteiger partial charge in [-0.1, -0.05) is 35.5 Å². The standard InChI is InChI=1S/C22H20FNO3S/c1-14-9-21(28-2)20(23)12-16(14)11-17-10-15(7-8-27-24-13-22(25)26)18-5-3-4-6-19(17)18/h3-6,9-13H,7-8H2,1-2H3,(H,25,26)/b17-11-,24-13?. The van der Waals surface area contributed by atoms with Gasteiger partial charge in [0, 0.05) is 11.3 Å². The summed E-state index contributed by atoms with van der Waals surface area (Å²) in [5.41, 5.74) is 6.13. The molecule has 144 valence electrons. The highest BCUT2D eigenvalue weighted by Gasteiger charge is 2.18. The van der Waals surface area contributed by atoms with Gasteiger partial charge in [-0.15, -0.1) is 11.8 Å². The molecule has 0 radical (unpaired) electrons. The number of carboxylic acid groups (broad SMARTS) is 1. The third kappa shape index (κ3) is 4.51. The molecule has 6 heteroatoms. The topological polar surface area (TPSA) is 58.9 Å². The highest BCUT2D eigenvalue weighted by atomic mass is 32.2. The fourth-order valence-electron chi connectivity index (χ4n) is 3.12. The van der Waals surface area contributed by atoms with Crippen LogP contribution in [0, 0.1) is 12.7 Å². The molecule has 0 saturated carbocycles. The van der Waals surface area contributed by atoms with Crippen LogP contribution in [-0.4, -0.2) is 30.2 Å². The largest absolute Gasteiger partial charge is 0.477 e. The lowest BCUT2D eigenvalue weighted by Crippen LogP contribution is -1.97. The minimum Gasteiger partial charge on any atom is -0.477 e. The summed E-state index contributed by atoms with van der Waals surface area (Å²) in [5, 5.41) is 11.9. The molecular formula is C22H20FNO3S. The number of nitrogens with zero attached hydrogens (tertiary/aromatic N) is 1. The Morgan fingerprint density at radius 1 is 1.29 bits per heavy atom. The quantitative estimate of drug-likeness (QED) is 0.299. The summed E-state index contributed by atoms with van der Waals surface area (Å²) in [6, 6.07) is 11.5. The lowest BCUT2D eigenvalue weighted by molar-refractivity contribution is -0.129. The van der Waals surface area contributed by atoms with E-state index >= 15 is 0 Å². The number of thioether (sulfide) groups is 1. The van der Waals surface area contributed by atoms with E-state index in [0.29, 0.717) is 11.3 Å². The summed E-state index contributed by atoms with van der Waals surface area (Å²) in [5.74, 6) is -1.36. The van der Waals surface area contributed by atoms with E-state index in [9.17, 15) is 9.18 Å². The Morgan fingerprint density at radius 3 is 2.75 bits per heavy atom. The molecule has 2 aromatic carbocycles. The van der Waals surface area contributed by atoms with Crippen molar-refractivity contribution >= 4 is 41.2 Å². The van der Waals surface area contributed by atoms with Gasteiger partial charge in [0.25, 0.3) is 0 Å². The highest BCUT2D eigenvalue weighted by Crippen LogP contribution is 2.38. The lowest BCUT2D eigenvalue weighted by Gasteiger charge is -2.07. The van der Waals surface area contributed by atoms with Crippen molar-refractivity contribution in [3.63, 3.8) is 0 Å². The van der Waals surface area contributed by atoms with Gasteiger partial charge < -0.3 is 9.94 Å². The summed E-state index contributed by atoms with van der Waals surface area (Å²) in [6.07, 6.45) is 7.23. The number of rotatable bonds is 7. The molecule has 0 spiro atoms. The van der Waals surface area contributed by atoms with Crippen LogP contribution in [0.2, 0.25) is 0 Å². The highest BCUT2D eigenvalue weighted by molar-refractivity contribution is 7.98. The molecule has 0 heterocycles. The average Bonchev–Trinajstić information content (AvgIpc) is 3.02. The van der Waals surface area contributed by atoms with Crippen molar-refractivity contribution in [3.05, 3.63) is 70.5 Å². The molecule has 0 saturated heterocycles.